The number of carbonyl (C=O) groups excluding carboxylic acids is 1. The smallest absolute Gasteiger partial charge is 0.153 e. The van der Waals surface area contributed by atoms with E-state index >= 15 is 0 Å². The number of aliphatic hydroxyl groups excluding tert-OH is 1. The third-order valence-corrected chi connectivity index (χ3v) is 8.48. The molecule has 0 saturated carbocycles. The van der Waals surface area contributed by atoms with Gasteiger partial charge in [-0.2, -0.15) is 0 Å². The van der Waals surface area contributed by atoms with E-state index in [1.807, 2.05) is 12.1 Å². The molecule has 0 amide bonds. The van der Waals surface area contributed by atoms with Gasteiger partial charge in [0.2, 0.25) is 0 Å². The molecule has 15 heteroatoms. The number of ether oxygens (including phenoxy) is 2. The lowest BCUT2D eigenvalue weighted by molar-refractivity contribution is 0.112. The minimum Gasteiger partial charge on any atom is -0.496 e. The van der Waals surface area contributed by atoms with Gasteiger partial charge in [-0.25, -0.2) is 27.5 Å². The number of aldehydes is 1. The maximum absolute atomic E-state index is 13.7. The van der Waals surface area contributed by atoms with Crippen LogP contribution in [-0.4, -0.2) is 35.6 Å². The van der Waals surface area contributed by atoms with Gasteiger partial charge in [0.25, 0.3) is 0 Å². The summed E-state index contributed by atoms with van der Waals surface area (Å²) in [5.74, 6) is -0.602. The van der Waals surface area contributed by atoms with E-state index in [-0.39, 0.29) is 11.4 Å². The van der Waals surface area contributed by atoms with Crippen LogP contribution in [0.2, 0.25) is 0 Å². The minimum absolute atomic E-state index is 0.112. The van der Waals surface area contributed by atoms with Crippen molar-refractivity contribution in [2.75, 3.05) is 24.9 Å². The van der Waals surface area contributed by atoms with Crippen LogP contribution in [0.25, 0.3) is 0 Å². The molecule has 0 spiro atoms. The van der Waals surface area contributed by atoms with Gasteiger partial charge in [0.05, 0.1) is 31.2 Å². The zero-order valence-electron chi connectivity index (χ0n) is 27.8. The van der Waals surface area contributed by atoms with Gasteiger partial charge in [0, 0.05) is 49.1 Å². The van der Waals surface area contributed by atoms with E-state index in [2.05, 4.69) is 68.4 Å². The number of nitrogens with one attached hydrogen (secondary N) is 2. The summed E-state index contributed by atoms with van der Waals surface area (Å²) in [6, 6.07) is 23.9. The second-order valence-corrected chi connectivity index (χ2v) is 13.4. The Balaban J connectivity index is 0.000000197. The third kappa shape index (κ3) is 12.1. The van der Waals surface area contributed by atoms with Crippen molar-refractivity contribution in [1.82, 2.24) is 9.97 Å². The predicted octanol–water partition coefficient (Wildman–Crippen LogP) is 11.1. The Hall–Kier alpha value is -4.83. The van der Waals surface area contributed by atoms with Gasteiger partial charge in [-0.1, -0.05) is 37.9 Å². The summed E-state index contributed by atoms with van der Waals surface area (Å²) in [7, 11) is 3.07. The number of pyridine rings is 2. The monoisotopic (exact) mass is 918 g/mol. The fourth-order valence-corrected chi connectivity index (χ4v) is 5.44. The first-order valence-electron chi connectivity index (χ1n) is 15.2. The average molecular weight is 921 g/mol. The highest BCUT2D eigenvalue weighted by Crippen LogP contribution is 2.33. The molecule has 3 N–H and O–H groups in total. The van der Waals surface area contributed by atoms with E-state index in [0.29, 0.717) is 39.8 Å². The fraction of sp³-hybridized carbons (Fsp3) is 0.0789. The largest absolute Gasteiger partial charge is 0.496 e. The van der Waals surface area contributed by atoms with Gasteiger partial charge in [-0.3, -0.25) is 4.79 Å². The Kier molecular flexibility index (Phi) is 15.3. The van der Waals surface area contributed by atoms with Gasteiger partial charge in [-0.05, 0) is 94.8 Å². The Morgan fingerprint density at radius 1 is 0.642 bits per heavy atom. The molecule has 53 heavy (non-hydrogen) atoms. The van der Waals surface area contributed by atoms with Crippen molar-refractivity contribution >= 4 is 77.1 Å². The number of aliphatic hydroxyl groups is 1. The summed E-state index contributed by atoms with van der Waals surface area (Å²) < 4.78 is 65.3. The fourth-order valence-electron chi connectivity index (χ4n) is 4.44. The highest BCUT2D eigenvalue weighted by atomic mass is 79.9. The second-order valence-electron chi connectivity index (χ2n) is 10.6. The van der Waals surface area contributed by atoms with Crippen LogP contribution in [-0.2, 0) is 0 Å². The number of hydrogen-bond donors (Lipinski definition) is 3. The molecule has 6 aromatic rings. The highest BCUT2D eigenvalue weighted by Gasteiger charge is 2.17. The molecule has 1 unspecified atom stereocenters. The molecule has 2 aromatic heterocycles. The number of benzene rings is 4. The molecule has 0 aliphatic carbocycles. The Bertz CT molecular complexity index is 2150. The number of rotatable bonds is 9. The number of hydrogen-bond acceptors (Lipinski definition) is 8. The number of nitrogens with zero attached hydrogens (tertiary/aromatic N) is 2. The summed E-state index contributed by atoms with van der Waals surface area (Å²) in [5, 5.41) is 16.1. The van der Waals surface area contributed by atoms with E-state index in [4.69, 9.17) is 9.47 Å². The lowest BCUT2D eigenvalue weighted by Gasteiger charge is -2.16. The predicted molar refractivity (Wildman–Crippen MR) is 206 cm³/mol. The van der Waals surface area contributed by atoms with Crippen LogP contribution in [0.5, 0.6) is 11.5 Å². The number of carbonyl (C=O) groups is 1. The minimum atomic E-state index is -0.938. The van der Waals surface area contributed by atoms with Crippen LogP contribution < -0.4 is 20.1 Å². The van der Waals surface area contributed by atoms with Gasteiger partial charge in [0.15, 0.2) is 6.29 Å². The number of anilines is 4. The summed E-state index contributed by atoms with van der Waals surface area (Å²) >= 11 is 9.87. The normalized spacial score (nSPS) is 10.8. The van der Waals surface area contributed by atoms with E-state index in [0.717, 1.165) is 37.9 Å². The maximum atomic E-state index is 13.7. The summed E-state index contributed by atoms with van der Waals surface area (Å²) in [6.07, 6.45) is 2.90. The maximum Gasteiger partial charge on any atom is 0.153 e. The molecule has 4 aromatic carbocycles. The third-order valence-electron chi connectivity index (χ3n) is 7.02. The topological polar surface area (TPSA) is 106 Å². The molecular weight excluding hydrogens is 892 g/mol. The first kappa shape index (κ1) is 40.9. The van der Waals surface area contributed by atoms with E-state index in [1.165, 1.54) is 38.6 Å². The van der Waals surface area contributed by atoms with Crippen LogP contribution in [0.3, 0.4) is 0 Å². The average Bonchev–Trinajstić information content (AvgIpc) is 3.15. The summed E-state index contributed by atoms with van der Waals surface area (Å²) in [6.45, 7) is 0. The first-order chi connectivity index (χ1) is 25.4. The van der Waals surface area contributed by atoms with Crippen LogP contribution in [0.1, 0.15) is 27.6 Å². The van der Waals surface area contributed by atoms with Gasteiger partial charge in [0.1, 0.15) is 52.5 Å². The van der Waals surface area contributed by atoms with Crippen LogP contribution in [0, 0.1) is 23.3 Å². The second kappa shape index (κ2) is 19.9. The Morgan fingerprint density at radius 2 is 1.15 bits per heavy atom. The molecule has 0 aliphatic rings. The molecule has 0 radical (unpaired) electrons. The number of halogens is 7. The van der Waals surface area contributed by atoms with Crippen molar-refractivity contribution < 1.29 is 36.9 Å². The SMILES string of the molecule is COc1ccc(Br)cc1C(O)c1ccc(Nc2ccc(F)cc2F)nc1.COc1ccc(Br)cc1C=O.Fc1ccc(Nc2ccc(Br)cn2)c(F)c1. The molecule has 0 bridgehead atoms. The Morgan fingerprint density at radius 3 is 1.62 bits per heavy atom. The van der Waals surface area contributed by atoms with Gasteiger partial charge < -0.3 is 25.2 Å². The number of aromatic nitrogens is 2. The Labute approximate surface area is 327 Å². The van der Waals surface area contributed by atoms with Gasteiger partial charge in [-0.15, -0.1) is 0 Å². The number of methoxy groups -OCH3 is 2. The van der Waals surface area contributed by atoms with Crippen LogP contribution in [0.15, 0.2) is 123 Å². The van der Waals surface area contributed by atoms with E-state index in [1.54, 1.807) is 54.7 Å². The molecule has 8 nitrogen and oxygen atoms in total. The van der Waals surface area contributed by atoms with Crippen molar-refractivity contribution in [3.05, 3.63) is 163 Å². The van der Waals surface area contributed by atoms with Crippen molar-refractivity contribution in [2.45, 2.75) is 6.10 Å². The lowest BCUT2D eigenvalue weighted by Crippen LogP contribution is -2.04. The van der Waals surface area contributed by atoms with Crippen LogP contribution >= 0.6 is 47.8 Å². The molecule has 0 aliphatic heterocycles. The standard InChI is InChI=1S/C19H15BrF2N2O2.C11H7BrF2N2.C8H7BrO2/c1-26-17-6-3-12(20)8-14(17)19(25)11-2-7-18(23-10-11)24-16-5-4-13(21)9-15(16)22;12-7-1-4-11(15-6-7)16-10-3-2-8(13)5-9(10)14;1-11-8-3-2-7(9)4-6(8)5-10/h2-10,19,25H,1H3,(H,23,24);1-6H,(H,15,16);2-5H,1H3. The quantitative estimate of drug-likeness (QED) is 0.0973. The van der Waals surface area contributed by atoms with Crippen LogP contribution in [0.4, 0.5) is 40.6 Å². The molecule has 0 saturated heterocycles. The first-order valence-corrected chi connectivity index (χ1v) is 17.6. The molecule has 274 valence electrons. The molecule has 1 atom stereocenters. The molecule has 0 fully saturated rings. The van der Waals surface area contributed by atoms with Crippen molar-refractivity contribution in [2.24, 2.45) is 0 Å². The van der Waals surface area contributed by atoms with E-state index < -0.39 is 29.4 Å². The summed E-state index contributed by atoms with van der Waals surface area (Å²) in [4.78, 5) is 18.6. The summed E-state index contributed by atoms with van der Waals surface area (Å²) in [5.41, 5.74) is 2.00. The molecular formula is C38H29Br3F4N4O4. The van der Waals surface area contributed by atoms with Gasteiger partial charge >= 0.3 is 0 Å². The van der Waals surface area contributed by atoms with E-state index in [9.17, 15) is 27.5 Å². The van der Waals surface area contributed by atoms with Crippen molar-refractivity contribution in [3.63, 3.8) is 0 Å². The highest BCUT2D eigenvalue weighted by molar-refractivity contribution is 9.11. The molecule has 2 heterocycles. The zero-order valence-corrected chi connectivity index (χ0v) is 32.5. The van der Waals surface area contributed by atoms with Crippen molar-refractivity contribution in [3.8, 4) is 11.5 Å². The zero-order chi connectivity index (χ0) is 38.5. The lowest BCUT2D eigenvalue weighted by atomic mass is 10.0. The van der Waals surface area contributed by atoms with Crippen molar-refractivity contribution in [1.29, 1.82) is 0 Å². The molecule has 6 rings (SSSR count).